The van der Waals surface area contributed by atoms with Gasteiger partial charge in [-0.05, 0) is 64.8 Å². The van der Waals surface area contributed by atoms with Gasteiger partial charge in [0.2, 0.25) is 5.69 Å². The molecule has 0 fully saturated rings. The van der Waals surface area contributed by atoms with Crippen LogP contribution in [0.25, 0.3) is 11.3 Å². The number of aryl methyl sites for hydroxylation is 2. The number of nitrogens with zero attached hydrogens (tertiary/aromatic N) is 1. The van der Waals surface area contributed by atoms with Crippen LogP contribution in [0.15, 0.2) is 30.5 Å². The summed E-state index contributed by atoms with van der Waals surface area (Å²) < 4.78 is 2.31. The van der Waals surface area contributed by atoms with Crippen LogP contribution in [0.1, 0.15) is 77.1 Å². The van der Waals surface area contributed by atoms with Crippen molar-refractivity contribution in [1.29, 1.82) is 0 Å². The third-order valence-corrected chi connectivity index (χ3v) is 5.91. The number of hydrogen-bond donors (Lipinski definition) is 0. The van der Waals surface area contributed by atoms with E-state index in [0.717, 1.165) is 6.42 Å². The van der Waals surface area contributed by atoms with Crippen molar-refractivity contribution in [2.75, 3.05) is 0 Å². The smallest absolute Gasteiger partial charge is 0.201 e. The van der Waals surface area contributed by atoms with Crippen molar-refractivity contribution in [3.63, 3.8) is 0 Å². The molecule has 0 saturated heterocycles. The fourth-order valence-corrected chi connectivity index (χ4v) is 5.06. The van der Waals surface area contributed by atoms with Gasteiger partial charge in [-0.1, -0.05) is 54.5 Å². The molecular formula is C25H36N+. The highest BCUT2D eigenvalue weighted by Gasteiger charge is 2.42. The van der Waals surface area contributed by atoms with Crippen molar-refractivity contribution in [2.45, 2.75) is 79.1 Å². The van der Waals surface area contributed by atoms with E-state index in [9.17, 15) is 0 Å². The predicted octanol–water partition coefficient (Wildman–Crippen LogP) is 6.03. The lowest BCUT2D eigenvalue weighted by Crippen LogP contribution is -2.32. The van der Waals surface area contributed by atoms with Crippen molar-refractivity contribution in [3.8, 4) is 11.3 Å². The second-order valence-electron chi connectivity index (χ2n) is 10.9. The summed E-state index contributed by atoms with van der Waals surface area (Å²) in [6.07, 6.45) is 4.63. The van der Waals surface area contributed by atoms with Gasteiger partial charge in [0, 0.05) is 17.2 Å². The normalized spacial score (nSPS) is 18.0. The molecule has 1 heterocycles. The van der Waals surface area contributed by atoms with E-state index in [1.54, 1.807) is 0 Å². The molecule has 0 radical (unpaired) electrons. The van der Waals surface area contributed by atoms with Gasteiger partial charge in [-0.15, -0.1) is 0 Å². The molecule has 0 amide bonds. The Morgan fingerprint density at radius 3 is 2.08 bits per heavy atom. The number of fused-ring (bicyclic) bond motifs is 1. The van der Waals surface area contributed by atoms with Gasteiger partial charge in [0.1, 0.15) is 7.05 Å². The molecule has 1 aliphatic carbocycles. The number of hydrogen-bond acceptors (Lipinski definition) is 0. The first-order chi connectivity index (χ1) is 11.8. The largest absolute Gasteiger partial charge is 0.212 e. The van der Waals surface area contributed by atoms with E-state index in [1.807, 2.05) is 0 Å². The Bertz CT molecular complexity index is 847. The summed E-state index contributed by atoms with van der Waals surface area (Å²) >= 11 is 0. The van der Waals surface area contributed by atoms with Crippen LogP contribution >= 0.6 is 0 Å². The van der Waals surface area contributed by atoms with Crippen LogP contribution in [-0.4, -0.2) is 0 Å². The molecule has 2 aromatic rings. The van der Waals surface area contributed by atoms with Crippen molar-refractivity contribution in [3.05, 3.63) is 52.7 Å². The molecule has 1 aromatic carbocycles. The van der Waals surface area contributed by atoms with Gasteiger partial charge in [0.15, 0.2) is 6.20 Å². The number of aromatic nitrogens is 1. The van der Waals surface area contributed by atoms with E-state index in [1.165, 1.54) is 39.9 Å². The molecule has 0 bridgehead atoms. The molecule has 0 atom stereocenters. The van der Waals surface area contributed by atoms with Crippen molar-refractivity contribution in [2.24, 2.45) is 12.5 Å². The lowest BCUT2D eigenvalue weighted by Gasteiger charge is -2.22. The first kappa shape index (κ1) is 19.1. The molecule has 1 aliphatic rings. The summed E-state index contributed by atoms with van der Waals surface area (Å²) in [6, 6.07) is 9.53. The number of pyridine rings is 1. The Kier molecular flexibility index (Phi) is 4.37. The second kappa shape index (κ2) is 5.94. The van der Waals surface area contributed by atoms with E-state index >= 15 is 0 Å². The fourth-order valence-electron chi connectivity index (χ4n) is 5.06. The van der Waals surface area contributed by atoms with Gasteiger partial charge in [-0.3, -0.25) is 0 Å². The van der Waals surface area contributed by atoms with Crippen molar-refractivity contribution < 1.29 is 4.57 Å². The summed E-state index contributed by atoms with van der Waals surface area (Å²) in [4.78, 5) is 0. The zero-order valence-corrected chi connectivity index (χ0v) is 18.2. The van der Waals surface area contributed by atoms with Crippen LogP contribution in [0.5, 0.6) is 0 Å². The van der Waals surface area contributed by atoms with Gasteiger partial charge < -0.3 is 0 Å². The highest BCUT2D eigenvalue weighted by Crippen LogP contribution is 2.50. The average molecular weight is 351 g/mol. The zero-order valence-electron chi connectivity index (χ0n) is 18.2. The van der Waals surface area contributed by atoms with E-state index in [-0.39, 0.29) is 10.8 Å². The standard InChI is InChI=1S/C25H36N/c1-17-12-20-21(25(7,8)16-24(20,5)6)13-19(17)22-11-10-18(15-26(22)9)14-23(2,3)4/h10-13,15H,14,16H2,1-9H3/q+1. The van der Waals surface area contributed by atoms with Gasteiger partial charge in [0.25, 0.3) is 0 Å². The first-order valence-corrected chi connectivity index (χ1v) is 9.95. The second-order valence-corrected chi connectivity index (χ2v) is 10.9. The summed E-state index contributed by atoms with van der Waals surface area (Å²) in [6.45, 7) is 18.7. The minimum absolute atomic E-state index is 0.242. The third-order valence-electron chi connectivity index (χ3n) is 5.91. The van der Waals surface area contributed by atoms with E-state index < -0.39 is 0 Å². The van der Waals surface area contributed by atoms with Crippen LogP contribution in [0.2, 0.25) is 0 Å². The fraction of sp³-hybridized carbons (Fsp3) is 0.560. The van der Waals surface area contributed by atoms with Gasteiger partial charge in [0.05, 0.1) is 0 Å². The Balaban J connectivity index is 2.09. The molecule has 1 heteroatoms. The van der Waals surface area contributed by atoms with E-state index in [4.69, 9.17) is 0 Å². The molecule has 0 N–H and O–H groups in total. The van der Waals surface area contributed by atoms with Gasteiger partial charge in [-0.2, -0.15) is 0 Å². The molecule has 0 saturated carbocycles. The van der Waals surface area contributed by atoms with E-state index in [2.05, 4.69) is 97.5 Å². The maximum absolute atomic E-state index is 2.47. The highest BCUT2D eigenvalue weighted by atomic mass is 14.9. The van der Waals surface area contributed by atoms with Crippen molar-refractivity contribution in [1.82, 2.24) is 0 Å². The maximum atomic E-state index is 2.47. The lowest BCUT2D eigenvalue weighted by molar-refractivity contribution is -0.660. The summed E-state index contributed by atoms with van der Waals surface area (Å²) in [5, 5.41) is 0. The SMILES string of the molecule is Cc1cc2c(cc1-c1ccc(CC(C)(C)C)c[n+]1C)C(C)(C)CC2(C)C. The summed E-state index contributed by atoms with van der Waals surface area (Å²) in [7, 11) is 2.18. The Morgan fingerprint density at radius 1 is 0.962 bits per heavy atom. The van der Waals surface area contributed by atoms with Gasteiger partial charge in [-0.25, -0.2) is 4.57 Å². The Labute approximate surface area is 160 Å². The number of rotatable bonds is 2. The minimum Gasteiger partial charge on any atom is -0.201 e. The molecule has 26 heavy (non-hydrogen) atoms. The number of benzene rings is 1. The Morgan fingerprint density at radius 2 is 1.54 bits per heavy atom. The zero-order chi connectivity index (χ0) is 19.5. The highest BCUT2D eigenvalue weighted by molar-refractivity contribution is 5.66. The molecule has 140 valence electrons. The molecule has 1 aromatic heterocycles. The molecule has 3 rings (SSSR count). The van der Waals surface area contributed by atoms with Crippen LogP contribution < -0.4 is 4.57 Å². The van der Waals surface area contributed by atoms with Crippen LogP contribution in [-0.2, 0) is 24.3 Å². The molecule has 1 nitrogen and oxygen atoms in total. The Hall–Kier alpha value is -1.63. The lowest BCUT2D eigenvalue weighted by atomic mass is 9.82. The van der Waals surface area contributed by atoms with Crippen LogP contribution in [0.4, 0.5) is 0 Å². The summed E-state index contributed by atoms with van der Waals surface area (Å²) in [5.74, 6) is 0. The molecule has 0 aliphatic heterocycles. The minimum atomic E-state index is 0.242. The van der Waals surface area contributed by atoms with Crippen molar-refractivity contribution >= 4 is 0 Å². The quantitative estimate of drug-likeness (QED) is 0.582. The monoisotopic (exact) mass is 350 g/mol. The molecular weight excluding hydrogens is 314 g/mol. The van der Waals surface area contributed by atoms with Gasteiger partial charge >= 0.3 is 0 Å². The topological polar surface area (TPSA) is 3.88 Å². The average Bonchev–Trinajstić information content (AvgIpc) is 2.62. The van der Waals surface area contributed by atoms with E-state index in [0.29, 0.717) is 5.41 Å². The maximum Gasteiger partial charge on any atom is 0.212 e. The first-order valence-electron chi connectivity index (χ1n) is 9.95. The van der Waals surface area contributed by atoms with Crippen LogP contribution in [0.3, 0.4) is 0 Å². The van der Waals surface area contributed by atoms with Crippen LogP contribution in [0, 0.1) is 12.3 Å². The molecule has 0 unspecified atom stereocenters. The predicted molar refractivity (Wildman–Crippen MR) is 112 cm³/mol. The third kappa shape index (κ3) is 3.46. The molecule has 0 spiro atoms. The summed E-state index contributed by atoms with van der Waals surface area (Å²) in [5.41, 5.74) is 9.36.